The first-order valence-electron chi connectivity index (χ1n) is 3.68. The van der Waals surface area contributed by atoms with Gasteiger partial charge in [-0.2, -0.15) is 4.73 Å². The van der Waals surface area contributed by atoms with Gasteiger partial charge >= 0.3 is 0 Å². The lowest BCUT2D eigenvalue weighted by Gasteiger charge is -2.02. The SMILES string of the molecule is [O-][n+]1ccc(Br)c2c1CCC2. The van der Waals surface area contributed by atoms with Crippen LogP contribution >= 0.6 is 15.9 Å². The topological polar surface area (TPSA) is 26.9 Å². The highest BCUT2D eigenvalue weighted by atomic mass is 79.9. The normalized spacial score (nSPS) is 15.0. The molecule has 0 spiro atoms. The smallest absolute Gasteiger partial charge is 0.197 e. The summed E-state index contributed by atoms with van der Waals surface area (Å²) in [6.07, 6.45) is 4.64. The first-order chi connectivity index (χ1) is 5.29. The second-order valence-corrected chi connectivity index (χ2v) is 3.62. The van der Waals surface area contributed by atoms with Gasteiger partial charge in [-0.1, -0.05) is 15.9 Å². The zero-order chi connectivity index (χ0) is 7.84. The third kappa shape index (κ3) is 1.03. The van der Waals surface area contributed by atoms with Gasteiger partial charge < -0.3 is 5.21 Å². The molecule has 0 saturated carbocycles. The summed E-state index contributed by atoms with van der Waals surface area (Å²) in [6.45, 7) is 0. The van der Waals surface area contributed by atoms with Gasteiger partial charge in [0.05, 0.1) is 0 Å². The average molecular weight is 214 g/mol. The lowest BCUT2D eigenvalue weighted by atomic mass is 10.2. The first-order valence-corrected chi connectivity index (χ1v) is 4.48. The van der Waals surface area contributed by atoms with E-state index in [1.807, 2.05) is 6.07 Å². The number of halogens is 1. The van der Waals surface area contributed by atoms with Gasteiger partial charge in [-0.05, 0) is 12.8 Å². The molecule has 0 aromatic carbocycles. The van der Waals surface area contributed by atoms with E-state index < -0.39 is 0 Å². The van der Waals surface area contributed by atoms with E-state index in [-0.39, 0.29) is 0 Å². The van der Waals surface area contributed by atoms with Crippen LogP contribution in [0.3, 0.4) is 0 Å². The fourth-order valence-corrected chi connectivity index (χ4v) is 2.10. The predicted octanol–water partition coefficient (Wildman–Crippen LogP) is 1.57. The molecule has 58 valence electrons. The summed E-state index contributed by atoms with van der Waals surface area (Å²) in [5.41, 5.74) is 2.14. The molecule has 2 nitrogen and oxygen atoms in total. The van der Waals surface area contributed by atoms with Crippen LogP contribution in [0.25, 0.3) is 0 Å². The van der Waals surface area contributed by atoms with Gasteiger partial charge in [-0.15, -0.1) is 0 Å². The van der Waals surface area contributed by atoms with Gasteiger partial charge in [0.25, 0.3) is 0 Å². The Morgan fingerprint density at radius 2 is 2.27 bits per heavy atom. The molecular formula is C8H8BrNO. The summed E-state index contributed by atoms with van der Waals surface area (Å²) in [5, 5.41) is 11.2. The van der Waals surface area contributed by atoms with Gasteiger partial charge in [0.15, 0.2) is 11.9 Å². The molecule has 1 aliphatic carbocycles. The molecule has 2 rings (SSSR count). The van der Waals surface area contributed by atoms with Crippen LogP contribution in [0, 0.1) is 5.21 Å². The fourth-order valence-electron chi connectivity index (χ4n) is 1.55. The fraction of sp³-hybridized carbons (Fsp3) is 0.375. The molecule has 0 unspecified atom stereocenters. The molecule has 0 fully saturated rings. The lowest BCUT2D eigenvalue weighted by molar-refractivity contribution is -0.613. The summed E-state index contributed by atoms with van der Waals surface area (Å²) >= 11 is 3.43. The van der Waals surface area contributed by atoms with Crippen molar-refractivity contribution in [3.8, 4) is 0 Å². The van der Waals surface area contributed by atoms with Crippen LogP contribution in [-0.4, -0.2) is 0 Å². The highest BCUT2D eigenvalue weighted by molar-refractivity contribution is 9.10. The minimum Gasteiger partial charge on any atom is -0.618 e. The van der Waals surface area contributed by atoms with Crippen molar-refractivity contribution in [3.63, 3.8) is 0 Å². The highest BCUT2D eigenvalue weighted by Crippen LogP contribution is 2.25. The Morgan fingerprint density at radius 3 is 3.00 bits per heavy atom. The third-order valence-electron chi connectivity index (χ3n) is 2.10. The maximum Gasteiger partial charge on any atom is 0.197 e. The monoisotopic (exact) mass is 213 g/mol. The van der Waals surface area contributed by atoms with Crippen LogP contribution < -0.4 is 4.73 Å². The Balaban J connectivity index is 2.64. The van der Waals surface area contributed by atoms with Gasteiger partial charge in [0.2, 0.25) is 0 Å². The molecule has 1 aromatic heterocycles. The number of hydrogen-bond acceptors (Lipinski definition) is 1. The van der Waals surface area contributed by atoms with Gasteiger partial charge in [-0.3, -0.25) is 0 Å². The van der Waals surface area contributed by atoms with E-state index in [1.54, 1.807) is 6.20 Å². The number of rotatable bonds is 0. The molecule has 0 N–H and O–H groups in total. The average Bonchev–Trinajstić information content (AvgIpc) is 2.45. The van der Waals surface area contributed by atoms with E-state index in [4.69, 9.17) is 0 Å². The maximum atomic E-state index is 11.2. The summed E-state index contributed by atoms with van der Waals surface area (Å²) in [4.78, 5) is 0. The van der Waals surface area contributed by atoms with Crippen molar-refractivity contribution in [1.82, 2.24) is 0 Å². The quantitative estimate of drug-likeness (QED) is 0.475. The molecule has 0 amide bonds. The van der Waals surface area contributed by atoms with Gasteiger partial charge in [-0.25, -0.2) is 0 Å². The lowest BCUT2D eigenvalue weighted by Crippen LogP contribution is -2.30. The van der Waals surface area contributed by atoms with Crippen molar-refractivity contribution in [2.75, 3.05) is 0 Å². The van der Waals surface area contributed by atoms with Crippen molar-refractivity contribution < 1.29 is 4.73 Å². The number of pyridine rings is 1. The van der Waals surface area contributed by atoms with Crippen LogP contribution in [-0.2, 0) is 12.8 Å². The van der Waals surface area contributed by atoms with Crippen LogP contribution in [0.1, 0.15) is 17.7 Å². The molecule has 0 aliphatic heterocycles. The summed E-state index contributed by atoms with van der Waals surface area (Å²) < 4.78 is 2.06. The molecule has 1 heterocycles. The van der Waals surface area contributed by atoms with Gasteiger partial charge in [0, 0.05) is 22.5 Å². The van der Waals surface area contributed by atoms with E-state index in [0.717, 1.165) is 34.2 Å². The molecule has 0 atom stereocenters. The number of nitrogens with zero attached hydrogens (tertiary/aromatic N) is 1. The Bertz CT molecular complexity index is 269. The molecule has 1 aromatic rings. The van der Waals surface area contributed by atoms with Crippen LogP contribution in [0.2, 0.25) is 0 Å². The number of aromatic nitrogens is 1. The second-order valence-electron chi connectivity index (χ2n) is 2.77. The number of hydrogen-bond donors (Lipinski definition) is 0. The van der Waals surface area contributed by atoms with E-state index >= 15 is 0 Å². The van der Waals surface area contributed by atoms with Crippen molar-refractivity contribution in [2.45, 2.75) is 19.3 Å². The zero-order valence-electron chi connectivity index (χ0n) is 6.01. The van der Waals surface area contributed by atoms with E-state index in [2.05, 4.69) is 15.9 Å². The standard InChI is InChI=1S/C8H8BrNO/c9-7-4-5-10(11)8-3-1-2-6(7)8/h4-5H,1-3H2. The van der Waals surface area contributed by atoms with Crippen LogP contribution in [0.4, 0.5) is 0 Å². The van der Waals surface area contributed by atoms with E-state index in [0.29, 0.717) is 0 Å². The van der Waals surface area contributed by atoms with E-state index in [9.17, 15) is 5.21 Å². The Labute approximate surface area is 73.6 Å². The number of fused-ring (bicyclic) bond motifs is 1. The van der Waals surface area contributed by atoms with Crippen LogP contribution in [0.15, 0.2) is 16.7 Å². The molecule has 1 aliphatic rings. The van der Waals surface area contributed by atoms with Crippen molar-refractivity contribution in [3.05, 3.63) is 33.2 Å². The summed E-state index contributed by atoms with van der Waals surface area (Å²) in [6, 6.07) is 1.82. The molecule has 3 heteroatoms. The molecule has 0 bridgehead atoms. The predicted molar refractivity (Wildman–Crippen MR) is 45.1 cm³/mol. The zero-order valence-corrected chi connectivity index (χ0v) is 7.60. The van der Waals surface area contributed by atoms with Crippen molar-refractivity contribution in [1.29, 1.82) is 0 Å². The second kappa shape index (κ2) is 2.48. The minimum absolute atomic E-state index is 0.929. The van der Waals surface area contributed by atoms with Gasteiger partial charge in [0.1, 0.15) is 0 Å². The molecule has 11 heavy (non-hydrogen) atoms. The minimum atomic E-state index is 0.929. The third-order valence-corrected chi connectivity index (χ3v) is 2.84. The van der Waals surface area contributed by atoms with E-state index in [1.165, 1.54) is 5.56 Å². The Morgan fingerprint density at radius 1 is 1.45 bits per heavy atom. The largest absolute Gasteiger partial charge is 0.618 e. The molecular weight excluding hydrogens is 206 g/mol. The van der Waals surface area contributed by atoms with Crippen molar-refractivity contribution >= 4 is 15.9 Å². The maximum absolute atomic E-state index is 11.2. The van der Waals surface area contributed by atoms with Crippen molar-refractivity contribution in [2.24, 2.45) is 0 Å². The summed E-state index contributed by atoms with van der Waals surface area (Å²) in [7, 11) is 0. The highest BCUT2D eigenvalue weighted by Gasteiger charge is 2.21. The molecule has 0 saturated heterocycles. The Hall–Kier alpha value is -0.570. The molecule has 0 radical (unpaired) electrons. The summed E-state index contributed by atoms with van der Waals surface area (Å²) in [5.74, 6) is 0. The Kier molecular flexibility index (Phi) is 1.60. The first kappa shape index (κ1) is 7.10. The van der Waals surface area contributed by atoms with Crippen LogP contribution in [0.5, 0.6) is 0 Å².